The van der Waals surface area contributed by atoms with Crippen LogP contribution < -0.4 is 5.32 Å². The molecule has 0 aliphatic carbocycles. The van der Waals surface area contributed by atoms with Crippen molar-refractivity contribution in [3.63, 3.8) is 0 Å². The van der Waals surface area contributed by atoms with E-state index in [0.717, 1.165) is 0 Å². The van der Waals surface area contributed by atoms with Gasteiger partial charge in [0.1, 0.15) is 11.9 Å². The lowest BCUT2D eigenvalue weighted by molar-refractivity contribution is 0.579. The summed E-state index contributed by atoms with van der Waals surface area (Å²) in [7, 11) is 0. The summed E-state index contributed by atoms with van der Waals surface area (Å²) < 4.78 is 13.4. The molecule has 1 atom stereocenters. The van der Waals surface area contributed by atoms with Gasteiger partial charge in [-0.15, -0.1) is 6.42 Å². The van der Waals surface area contributed by atoms with E-state index in [9.17, 15) is 4.39 Å². The first kappa shape index (κ1) is 11.5. The second-order valence-corrected chi connectivity index (χ2v) is 3.25. The number of hydrogen-bond acceptors (Lipinski definition) is 2. The van der Waals surface area contributed by atoms with Gasteiger partial charge in [-0.2, -0.15) is 5.26 Å². The minimum absolute atomic E-state index is 0.209. The lowest BCUT2D eigenvalue weighted by Crippen LogP contribution is -2.21. The van der Waals surface area contributed by atoms with E-state index in [1.165, 1.54) is 18.2 Å². The summed E-state index contributed by atoms with van der Waals surface area (Å²) in [4.78, 5) is 0. The van der Waals surface area contributed by atoms with Gasteiger partial charge in [-0.25, -0.2) is 4.39 Å². The number of terminal acetylenes is 1. The first-order chi connectivity index (χ1) is 7.19. The number of halogens is 2. The van der Waals surface area contributed by atoms with Crippen molar-refractivity contribution in [1.29, 1.82) is 5.26 Å². The van der Waals surface area contributed by atoms with Crippen LogP contribution in [0.5, 0.6) is 0 Å². The van der Waals surface area contributed by atoms with Crippen LogP contribution in [-0.2, 0) is 0 Å². The molecule has 0 saturated heterocycles. The van der Waals surface area contributed by atoms with Crippen LogP contribution in [0.2, 0.25) is 5.02 Å². The Labute approximate surface area is 92.7 Å². The Kier molecular flexibility index (Phi) is 4.12. The molecular weight excluding hydrogens is 215 g/mol. The molecule has 1 rings (SSSR count). The van der Waals surface area contributed by atoms with Gasteiger partial charge in [-0.3, -0.25) is 5.32 Å². The summed E-state index contributed by atoms with van der Waals surface area (Å²) in [5.41, 5.74) is 0.247. The van der Waals surface area contributed by atoms with Crippen molar-refractivity contribution < 1.29 is 4.39 Å². The first-order valence-electron chi connectivity index (χ1n) is 4.20. The molecule has 0 bridgehead atoms. The summed E-state index contributed by atoms with van der Waals surface area (Å²) in [6.45, 7) is 0.209. The summed E-state index contributed by atoms with van der Waals surface area (Å²) in [6, 6.07) is 5.33. The Morgan fingerprint density at radius 1 is 1.60 bits per heavy atom. The average molecular weight is 223 g/mol. The molecule has 0 amide bonds. The number of benzene rings is 1. The summed E-state index contributed by atoms with van der Waals surface area (Å²) >= 11 is 5.59. The van der Waals surface area contributed by atoms with Crippen molar-refractivity contribution in [1.82, 2.24) is 5.32 Å². The van der Waals surface area contributed by atoms with Gasteiger partial charge in [0, 0.05) is 10.6 Å². The molecule has 1 aromatic carbocycles. The molecule has 0 aliphatic heterocycles. The van der Waals surface area contributed by atoms with E-state index >= 15 is 0 Å². The van der Waals surface area contributed by atoms with Gasteiger partial charge < -0.3 is 0 Å². The van der Waals surface area contributed by atoms with Crippen LogP contribution in [0.15, 0.2) is 18.2 Å². The predicted molar refractivity (Wildman–Crippen MR) is 56.6 cm³/mol. The van der Waals surface area contributed by atoms with Gasteiger partial charge in [0.05, 0.1) is 12.6 Å². The fourth-order valence-corrected chi connectivity index (χ4v) is 1.28. The molecule has 1 N–H and O–H groups in total. The van der Waals surface area contributed by atoms with Crippen LogP contribution in [0.25, 0.3) is 0 Å². The van der Waals surface area contributed by atoms with E-state index in [2.05, 4.69) is 11.2 Å². The summed E-state index contributed by atoms with van der Waals surface area (Å²) in [5.74, 6) is 1.81. The minimum Gasteiger partial charge on any atom is -0.287 e. The highest BCUT2D eigenvalue weighted by atomic mass is 35.5. The Morgan fingerprint density at radius 3 is 2.87 bits per heavy atom. The molecule has 1 aromatic rings. The highest BCUT2D eigenvalue weighted by Crippen LogP contribution is 2.20. The molecule has 76 valence electrons. The van der Waals surface area contributed by atoms with E-state index in [-0.39, 0.29) is 12.1 Å². The maximum Gasteiger partial charge on any atom is 0.130 e. The Hall–Kier alpha value is -1.55. The SMILES string of the molecule is C#CCNC(C#N)c1ccc(Cl)cc1F. The van der Waals surface area contributed by atoms with Crippen molar-refractivity contribution in [2.45, 2.75) is 6.04 Å². The zero-order valence-electron chi connectivity index (χ0n) is 7.80. The van der Waals surface area contributed by atoms with Crippen LogP contribution in [0.4, 0.5) is 4.39 Å². The molecule has 0 aliphatic rings. The van der Waals surface area contributed by atoms with Gasteiger partial charge in [0.2, 0.25) is 0 Å². The highest BCUT2D eigenvalue weighted by Gasteiger charge is 2.13. The monoisotopic (exact) mass is 222 g/mol. The fraction of sp³-hybridized carbons (Fsp3) is 0.182. The van der Waals surface area contributed by atoms with Crippen LogP contribution in [-0.4, -0.2) is 6.54 Å². The normalized spacial score (nSPS) is 11.5. The highest BCUT2D eigenvalue weighted by molar-refractivity contribution is 6.30. The average Bonchev–Trinajstić information content (AvgIpc) is 2.21. The van der Waals surface area contributed by atoms with E-state index in [4.69, 9.17) is 23.3 Å². The van der Waals surface area contributed by atoms with Crippen molar-refractivity contribution in [2.24, 2.45) is 0 Å². The molecule has 1 unspecified atom stereocenters. The van der Waals surface area contributed by atoms with Crippen molar-refractivity contribution in [3.05, 3.63) is 34.6 Å². The smallest absolute Gasteiger partial charge is 0.130 e. The molecule has 0 radical (unpaired) electrons. The third kappa shape index (κ3) is 2.95. The molecule has 0 aromatic heterocycles. The number of nitriles is 1. The third-order valence-corrected chi connectivity index (χ3v) is 2.05. The predicted octanol–water partition coefficient (Wildman–Crippen LogP) is 2.27. The maximum atomic E-state index is 13.4. The Balaban J connectivity index is 2.94. The number of rotatable bonds is 3. The second-order valence-electron chi connectivity index (χ2n) is 2.81. The minimum atomic E-state index is -0.752. The summed E-state index contributed by atoms with van der Waals surface area (Å²) in [6.07, 6.45) is 5.03. The quantitative estimate of drug-likeness (QED) is 0.797. The van der Waals surface area contributed by atoms with Gasteiger partial charge in [-0.05, 0) is 12.1 Å². The Bertz CT molecular complexity index is 431. The Morgan fingerprint density at radius 2 is 2.33 bits per heavy atom. The van der Waals surface area contributed by atoms with E-state index < -0.39 is 11.9 Å². The topological polar surface area (TPSA) is 35.8 Å². The van der Waals surface area contributed by atoms with Crippen LogP contribution >= 0.6 is 11.6 Å². The largest absolute Gasteiger partial charge is 0.287 e. The molecule has 0 heterocycles. The van der Waals surface area contributed by atoms with E-state index in [0.29, 0.717) is 5.02 Å². The van der Waals surface area contributed by atoms with Crippen molar-refractivity contribution >= 4 is 11.6 Å². The van der Waals surface area contributed by atoms with Gasteiger partial charge in [0.25, 0.3) is 0 Å². The van der Waals surface area contributed by atoms with Gasteiger partial charge in [0.15, 0.2) is 0 Å². The van der Waals surface area contributed by atoms with Crippen LogP contribution in [0.3, 0.4) is 0 Å². The fourth-order valence-electron chi connectivity index (χ4n) is 1.12. The number of nitrogens with zero attached hydrogens (tertiary/aromatic N) is 1. The zero-order chi connectivity index (χ0) is 11.3. The lowest BCUT2D eigenvalue weighted by Gasteiger charge is -2.10. The molecular formula is C11H8ClFN2. The van der Waals surface area contributed by atoms with Crippen molar-refractivity contribution in [2.75, 3.05) is 6.54 Å². The molecule has 4 heteroatoms. The second kappa shape index (κ2) is 5.36. The molecule has 0 spiro atoms. The first-order valence-corrected chi connectivity index (χ1v) is 4.58. The molecule has 0 saturated carbocycles. The standard InChI is InChI=1S/C11H8ClFN2/c1-2-5-15-11(7-14)9-4-3-8(12)6-10(9)13/h1,3-4,6,11,15H,5H2. The van der Waals surface area contributed by atoms with Crippen LogP contribution in [0, 0.1) is 29.5 Å². The van der Waals surface area contributed by atoms with Gasteiger partial charge >= 0.3 is 0 Å². The molecule has 15 heavy (non-hydrogen) atoms. The van der Waals surface area contributed by atoms with E-state index in [1.54, 1.807) is 0 Å². The number of nitrogens with one attached hydrogen (secondary N) is 1. The zero-order valence-corrected chi connectivity index (χ0v) is 8.55. The van der Waals surface area contributed by atoms with Gasteiger partial charge in [-0.1, -0.05) is 23.6 Å². The maximum absolute atomic E-state index is 13.4. The summed E-state index contributed by atoms with van der Waals surface area (Å²) in [5, 5.41) is 11.8. The lowest BCUT2D eigenvalue weighted by atomic mass is 10.1. The number of hydrogen-bond donors (Lipinski definition) is 1. The molecule has 0 fully saturated rings. The van der Waals surface area contributed by atoms with Crippen LogP contribution in [0.1, 0.15) is 11.6 Å². The van der Waals surface area contributed by atoms with Crippen molar-refractivity contribution in [3.8, 4) is 18.4 Å². The molecule has 2 nitrogen and oxygen atoms in total. The third-order valence-electron chi connectivity index (χ3n) is 1.81. The van der Waals surface area contributed by atoms with E-state index in [1.807, 2.05) is 6.07 Å².